The Balaban J connectivity index is 1.44. The second-order valence-corrected chi connectivity index (χ2v) is 6.89. The third-order valence-corrected chi connectivity index (χ3v) is 5.34. The second-order valence-electron chi connectivity index (χ2n) is 6.89. The van der Waals surface area contributed by atoms with Gasteiger partial charge in [0, 0.05) is 42.3 Å². The fourth-order valence-corrected chi connectivity index (χ4v) is 4.03. The van der Waals surface area contributed by atoms with Crippen LogP contribution in [0, 0.1) is 11.3 Å². The highest BCUT2D eigenvalue weighted by Gasteiger charge is 2.24. The Hall–Kier alpha value is -2.62. The molecule has 4 heterocycles. The lowest BCUT2D eigenvalue weighted by molar-refractivity contribution is 0.198. The molecule has 0 atom stereocenters. The van der Waals surface area contributed by atoms with E-state index >= 15 is 0 Å². The Bertz CT molecular complexity index is 927. The first-order valence-electron chi connectivity index (χ1n) is 9.13. The number of piperidine rings is 1. The number of aromatic nitrogens is 3. The lowest BCUT2D eigenvalue weighted by Gasteiger charge is -2.32. The number of fused-ring (bicyclic) bond motifs is 1. The van der Waals surface area contributed by atoms with Crippen molar-refractivity contribution in [3.63, 3.8) is 0 Å². The summed E-state index contributed by atoms with van der Waals surface area (Å²) in [5.74, 6) is 0.490. The molecule has 1 aliphatic heterocycles. The summed E-state index contributed by atoms with van der Waals surface area (Å²) >= 11 is 0. The molecule has 0 spiro atoms. The standard InChI is InChI=1S/C20H23N5O/c21-13-18-17(15-24-8-2-1-3-20(18)24)14-23-9-5-16(6-10-23)19-4-7-22-25(19)11-12-26/h1-4,7-8,15-16,26H,5-6,9-12,14H2. The zero-order chi connectivity index (χ0) is 17.9. The number of likely N-dealkylation sites (tertiary alicyclic amines) is 1. The lowest BCUT2D eigenvalue weighted by atomic mass is 9.93. The SMILES string of the molecule is N#Cc1c(CN2CCC(c3ccnn3CCO)CC2)cn2ccccc12. The van der Waals surface area contributed by atoms with E-state index in [1.54, 1.807) is 0 Å². The molecule has 1 aliphatic rings. The normalized spacial score (nSPS) is 16.2. The molecule has 0 amide bonds. The molecule has 6 heteroatoms. The van der Waals surface area contributed by atoms with Crippen molar-refractivity contribution in [3.8, 4) is 6.07 Å². The molecule has 4 rings (SSSR count). The van der Waals surface area contributed by atoms with E-state index in [0.717, 1.165) is 49.1 Å². The van der Waals surface area contributed by atoms with Gasteiger partial charge in [0.05, 0.1) is 24.2 Å². The third kappa shape index (κ3) is 3.12. The topological polar surface area (TPSA) is 69.5 Å². The summed E-state index contributed by atoms with van der Waals surface area (Å²) in [6, 6.07) is 10.4. The average Bonchev–Trinajstić information content (AvgIpc) is 3.26. The molecule has 0 unspecified atom stereocenters. The molecule has 1 N–H and O–H groups in total. The van der Waals surface area contributed by atoms with Crippen molar-refractivity contribution in [2.75, 3.05) is 19.7 Å². The second kappa shape index (κ2) is 7.32. The first-order chi connectivity index (χ1) is 12.8. The number of aliphatic hydroxyl groups excluding tert-OH is 1. The number of nitriles is 1. The van der Waals surface area contributed by atoms with Gasteiger partial charge in [0.2, 0.25) is 0 Å². The minimum atomic E-state index is 0.118. The van der Waals surface area contributed by atoms with Crippen molar-refractivity contribution < 1.29 is 5.11 Å². The molecule has 1 saturated heterocycles. The first-order valence-corrected chi connectivity index (χ1v) is 9.13. The first kappa shape index (κ1) is 16.8. The summed E-state index contributed by atoms with van der Waals surface area (Å²) < 4.78 is 3.96. The number of pyridine rings is 1. The maximum absolute atomic E-state index is 9.57. The Morgan fingerprint density at radius 3 is 2.85 bits per heavy atom. The van der Waals surface area contributed by atoms with Crippen molar-refractivity contribution in [2.24, 2.45) is 0 Å². The number of aliphatic hydroxyl groups is 1. The van der Waals surface area contributed by atoms with Crippen LogP contribution in [0.4, 0.5) is 0 Å². The van der Waals surface area contributed by atoms with Crippen LogP contribution in [0.25, 0.3) is 5.52 Å². The van der Waals surface area contributed by atoms with E-state index in [1.165, 1.54) is 5.69 Å². The van der Waals surface area contributed by atoms with Crippen LogP contribution >= 0.6 is 0 Å². The van der Waals surface area contributed by atoms with Crippen LogP contribution < -0.4 is 0 Å². The number of nitrogens with zero attached hydrogens (tertiary/aromatic N) is 5. The van der Waals surface area contributed by atoms with E-state index in [-0.39, 0.29) is 6.61 Å². The minimum Gasteiger partial charge on any atom is -0.394 e. The molecule has 1 fully saturated rings. The molecule has 26 heavy (non-hydrogen) atoms. The summed E-state index contributed by atoms with van der Waals surface area (Å²) in [6.45, 7) is 3.50. The van der Waals surface area contributed by atoms with Gasteiger partial charge in [0.25, 0.3) is 0 Å². The highest BCUT2D eigenvalue weighted by molar-refractivity contribution is 5.65. The van der Waals surface area contributed by atoms with Crippen molar-refractivity contribution >= 4 is 5.52 Å². The van der Waals surface area contributed by atoms with Crippen LogP contribution in [0.3, 0.4) is 0 Å². The van der Waals surface area contributed by atoms with Gasteiger partial charge in [-0.3, -0.25) is 9.58 Å². The van der Waals surface area contributed by atoms with E-state index in [2.05, 4.69) is 28.3 Å². The van der Waals surface area contributed by atoms with Crippen LogP contribution in [-0.2, 0) is 13.1 Å². The molecule has 0 aliphatic carbocycles. The van der Waals surface area contributed by atoms with Gasteiger partial charge >= 0.3 is 0 Å². The minimum absolute atomic E-state index is 0.118. The smallest absolute Gasteiger partial charge is 0.102 e. The number of hydrogen-bond acceptors (Lipinski definition) is 4. The zero-order valence-electron chi connectivity index (χ0n) is 14.8. The van der Waals surface area contributed by atoms with Gasteiger partial charge in [0.15, 0.2) is 0 Å². The molecule has 0 saturated carbocycles. The van der Waals surface area contributed by atoms with Crippen LogP contribution in [0.2, 0.25) is 0 Å². The monoisotopic (exact) mass is 349 g/mol. The molecule has 0 bridgehead atoms. The highest BCUT2D eigenvalue weighted by Crippen LogP contribution is 2.29. The van der Waals surface area contributed by atoms with Gasteiger partial charge in [0.1, 0.15) is 6.07 Å². The molecule has 3 aromatic rings. The number of hydrogen-bond donors (Lipinski definition) is 1. The summed E-state index contributed by atoms with van der Waals surface area (Å²) in [5, 5.41) is 23.1. The van der Waals surface area contributed by atoms with Gasteiger partial charge < -0.3 is 9.51 Å². The van der Waals surface area contributed by atoms with Crippen LogP contribution in [0.1, 0.15) is 35.6 Å². The molecular formula is C20H23N5O. The van der Waals surface area contributed by atoms with Gasteiger partial charge in [-0.15, -0.1) is 0 Å². The van der Waals surface area contributed by atoms with Crippen molar-refractivity contribution in [3.05, 3.63) is 59.7 Å². The molecule has 3 aromatic heterocycles. The fourth-order valence-electron chi connectivity index (χ4n) is 4.03. The van der Waals surface area contributed by atoms with E-state index in [0.29, 0.717) is 12.5 Å². The third-order valence-electron chi connectivity index (χ3n) is 5.34. The Labute approximate surface area is 152 Å². The maximum Gasteiger partial charge on any atom is 0.102 e. The molecule has 6 nitrogen and oxygen atoms in total. The van der Waals surface area contributed by atoms with Crippen LogP contribution in [0.5, 0.6) is 0 Å². The van der Waals surface area contributed by atoms with Crippen molar-refractivity contribution in [2.45, 2.75) is 31.8 Å². The van der Waals surface area contributed by atoms with E-state index in [9.17, 15) is 10.4 Å². The van der Waals surface area contributed by atoms with Crippen molar-refractivity contribution in [1.82, 2.24) is 19.1 Å². The van der Waals surface area contributed by atoms with E-state index in [4.69, 9.17) is 0 Å². The summed E-state index contributed by atoms with van der Waals surface area (Å²) in [6.07, 6.45) is 8.05. The molecule has 0 radical (unpaired) electrons. The summed E-state index contributed by atoms with van der Waals surface area (Å²) in [4.78, 5) is 2.43. The highest BCUT2D eigenvalue weighted by atomic mass is 16.3. The largest absolute Gasteiger partial charge is 0.394 e. The van der Waals surface area contributed by atoms with Crippen LogP contribution in [0.15, 0.2) is 42.9 Å². The Morgan fingerprint density at radius 1 is 1.23 bits per heavy atom. The number of rotatable bonds is 5. The molecule has 134 valence electrons. The average molecular weight is 349 g/mol. The van der Waals surface area contributed by atoms with Gasteiger partial charge in [-0.1, -0.05) is 6.07 Å². The quantitative estimate of drug-likeness (QED) is 0.768. The summed E-state index contributed by atoms with van der Waals surface area (Å²) in [7, 11) is 0. The van der Waals surface area contributed by atoms with Gasteiger partial charge in [-0.2, -0.15) is 10.4 Å². The molecule has 0 aromatic carbocycles. The predicted molar refractivity (Wildman–Crippen MR) is 98.7 cm³/mol. The lowest BCUT2D eigenvalue weighted by Crippen LogP contribution is -2.33. The van der Waals surface area contributed by atoms with E-state index < -0.39 is 0 Å². The zero-order valence-corrected chi connectivity index (χ0v) is 14.8. The van der Waals surface area contributed by atoms with Crippen molar-refractivity contribution in [1.29, 1.82) is 5.26 Å². The molecular weight excluding hydrogens is 326 g/mol. The van der Waals surface area contributed by atoms with Gasteiger partial charge in [-0.05, 0) is 44.1 Å². The van der Waals surface area contributed by atoms with Gasteiger partial charge in [-0.25, -0.2) is 0 Å². The fraction of sp³-hybridized carbons (Fsp3) is 0.400. The maximum atomic E-state index is 9.57. The summed E-state index contributed by atoms with van der Waals surface area (Å²) in [5.41, 5.74) is 4.09. The Kier molecular flexibility index (Phi) is 4.74. The Morgan fingerprint density at radius 2 is 2.08 bits per heavy atom. The predicted octanol–water partition coefficient (Wildman–Crippen LogP) is 2.38. The van der Waals surface area contributed by atoms with E-state index in [1.807, 2.05) is 39.7 Å². The van der Waals surface area contributed by atoms with Crippen LogP contribution in [-0.4, -0.2) is 43.9 Å².